The van der Waals surface area contributed by atoms with Crippen molar-refractivity contribution in [3.05, 3.63) is 64.4 Å². The van der Waals surface area contributed by atoms with E-state index in [-0.39, 0.29) is 25.7 Å². The number of carbonyl (C=O) groups excluding carboxylic acids is 2. The number of rotatable bonds is 12. The lowest BCUT2D eigenvalue weighted by Gasteiger charge is -2.23. The van der Waals surface area contributed by atoms with E-state index in [9.17, 15) is 9.59 Å². The summed E-state index contributed by atoms with van der Waals surface area (Å²) in [6, 6.07) is 10.1. The minimum atomic E-state index is -0.592. The van der Waals surface area contributed by atoms with Gasteiger partial charge < -0.3 is 14.8 Å². The van der Waals surface area contributed by atoms with Crippen molar-refractivity contribution in [2.75, 3.05) is 20.0 Å². The average Bonchev–Trinajstić information content (AvgIpc) is 2.76. The Bertz CT molecular complexity index is 789. The molecule has 8 nitrogen and oxygen atoms in total. The number of nitrogens with zero attached hydrogens (tertiary/aromatic N) is 1. The van der Waals surface area contributed by atoms with E-state index in [1.54, 1.807) is 48.2 Å². The number of hydroxylamine groups is 1. The summed E-state index contributed by atoms with van der Waals surface area (Å²) < 4.78 is 11.6. The van der Waals surface area contributed by atoms with Crippen LogP contribution in [0.4, 0.5) is 0 Å². The maximum atomic E-state index is 12.7. The van der Waals surface area contributed by atoms with Crippen LogP contribution in [0.15, 0.2) is 53.3 Å². The maximum absolute atomic E-state index is 12.7. The lowest BCUT2D eigenvalue weighted by Crippen LogP contribution is -2.42. The fraction of sp³-hybridized carbons (Fsp3) is 0.381. The Kier molecular flexibility index (Phi) is 10.4. The van der Waals surface area contributed by atoms with Crippen molar-refractivity contribution < 1.29 is 24.3 Å². The van der Waals surface area contributed by atoms with Gasteiger partial charge in [0.1, 0.15) is 6.79 Å². The zero-order chi connectivity index (χ0) is 21.8. The molecule has 1 heterocycles. The fourth-order valence-corrected chi connectivity index (χ4v) is 3.16. The van der Waals surface area contributed by atoms with E-state index in [0.29, 0.717) is 18.6 Å². The van der Waals surface area contributed by atoms with Crippen molar-refractivity contribution in [2.24, 2.45) is 5.92 Å². The van der Waals surface area contributed by atoms with Gasteiger partial charge in [0.15, 0.2) is 0 Å². The second-order valence-corrected chi connectivity index (χ2v) is 7.55. The number of hydrogen-bond acceptors (Lipinski definition) is 6. The number of benzene rings is 1. The summed E-state index contributed by atoms with van der Waals surface area (Å²) in [6.07, 6.45) is 3.93. The maximum Gasteiger partial charge on any atom is 0.251 e. The summed E-state index contributed by atoms with van der Waals surface area (Å²) in [5, 5.41) is 12.1. The van der Waals surface area contributed by atoms with E-state index in [4.69, 9.17) is 14.7 Å². The van der Waals surface area contributed by atoms with E-state index < -0.39 is 17.9 Å². The predicted molar refractivity (Wildman–Crippen MR) is 114 cm³/mol. The van der Waals surface area contributed by atoms with Crippen LogP contribution in [0.5, 0.6) is 0 Å². The number of amides is 2. The van der Waals surface area contributed by atoms with Crippen LogP contribution in [0.1, 0.15) is 29.3 Å². The minimum Gasteiger partial charge on any atom is -0.356 e. The fourth-order valence-electron chi connectivity index (χ4n) is 2.89. The largest absolute Gasteiger partial charge is 0.356 e. The Balaban J connectivity index is 2.10. The van der Waals surface area contributed by atoms with Crippen molar-refractivity contribution in [1.29, 1.82) is 0 Å². The molecule has 162 valence electrons. The third-order valence-corrected chi connectivity index (χ3v) is 4.92. The number of carbonyl (C=O) groups is 2. The van der Waals surface area contributed by atoms with Crippen molar-refractivity contribution >= 4 is 27.7 Å². The summed E-state index contributed by atoms with van der Waals surface area (Å²) in [4.78, 5) is 29.0. The zero-order valence-corrected chi connectivity index (χ0v) is 18.3. The van der Waals surface area contributed by atoms with Gasteiger partial charge in [-0.2, -0.15) is 0 Å². The van der Waals surface area contributed by atoms with Gasteiger partial charge in [-0.25, -0.2) is 5.48 Å². The molecule has 2 atom stereocenters. The highest BCUT2D eigenvalue weighted by Crippen LogP contribution is 2.16. The molecule has 0 saturated carbocycles. The molecule has 30 heavy (non-hydrogen) atoms. The third-order valence-electron chi connectivity index (χ3n) is 4.39. The van der Waals surface area contributed by atoms with Crippen LogP contribution in [-0.4, -0.2) is 48.1 Å². The highest BCUT2D eigenvalue weighted by Gasteiger charge is 2.25. The molecule has 0 spiro atoms. The summed E-state index contributed by atoms with van der Waals surface area (Å²) in [5.41, 5.74) is 3.05. The van der Waals surface area contributed by atoms with Gasteiger partial charge >= 0.3 is 0 Å². The number of halogens is 1. The van der Waals surface area contributed by atoms with Gasteiger partial charge in [0.2, 0.25) is 5.91 Å². The standard InChI is InChI=1S/C21H26BrN3O5/c1-2-29-14-30-13-19(24-20(26)16-5-7-18(22)8-6-16)11-17(21(27)25-28)10-15-4-3-9-23-12-15/h3-9,12,17,19,28H,2,10-11,13-14H2,1H3,(H,24,26)(H,25,27)/t17-,19-/m0/s1. The van der Waals surface area contributed by atoms with Crippen LogP contribution < -0.4 is 10.8 Å². The van der Waals surface area contributed by atoms with Crippen LogP contribution in [0.2, 0.25) is 0 Å². The van der Waals surface area contributed by atoms with Crippen LogP contribution in [-0.2, 0) is 20.7 Å². The lowest BCUT2D eigenvalue weighted by atomic mass is 9.92. The molecule has 0 aliphatic carbocycles. The molecule has 0 radical (unpaired) electrons. The highest BCUT2D eigenvalue weighted by atomic mass is 79.9. The monoisotopic (exact) mass is 479 g/mol. The smallest absolute Gasteiger partial charge is 0.251 e. The molecule has 0 aliphatic rings. The summed E-state index contributed by atoms with van der Waals surface area (Å²) in [6.45, 7) is 2.60. The van der Waals surface area contributed by atoms with E-state index in [0.717, 1.165) is 10.0 Å². The van der Waals surface area contributed by atoms with Crippen molar-refractivity contribution in [3.63, 3.8) is 0 Å². The molecule has 2 aromatic rings. The van der Waals surface area contributed by atoms with E-state index in [1.165, 1.54) is 0 Å². The molecule has 2 amide bonds. The molecule has 9 heteroatoms. The first-order chi connectivity index (χ1) is 14.5. The summed E-state index contributed by atoms with van der Waals surface area (Å²) >= 11 is 3.34. The molecule has 1 aromatic carbocycles. The molecule has 2 rings (SSSR count). The first-order valence-corrected chi connectivity index (χ1v) is 10.4. The average molecular weight is 480 g/mol. The third kappa shape index (κ3) is 8.19. The van der Waals surface area contributed by atoms with Gasteiger partial charge in [-0.15, -0.1) is 0 Å². The Morgan fingerprint density at radius 2 is 1.97 bits per heavy atom. The van der Waals surface area contributed by atoms with Crippen molar-refractivity contribution in [3.8, 4) is 0 Å². The van der Waals surface area contributed by atoms with E-state index >= 15 is 0 Å². The molecular weight excluding hydrogens is 454 g/mol. The SMILES string of the molecule is CCOCOC[C@H](C[C@H](Cc1cccnc1)C(=O)NO)NC(=O)c1ccc(Br)cc1. The Morgan fingerprint density at radius 1 is 1.20 bits per heavy atom. The highest BCUT2D eigenvalue weighted by molar-refractivity contribution is 9.10. The van der Waals surface area contributed by atoms with Gasteiger partial charge in [0.05, 0.1) is 12.6 Å². The zero-order valence-electron chi connectivity index (χ0n) is 16.7. The topological polar surface area (TPSA) is 110 Å². The quantitative estimate of drug-likeness (QED) is 0.187. The second kappa shape index (κ2) is 13.1. The molecule has 0 bridgehead atoms. The number of pyridine rings is 1. The molecule has 0 aliphatic heterocycles. The summed E-state index contributed by atoms with van der Waals surface area (Å²) in [5.74, 6) is -1.41. The Labute approximate surface area is 184 Å². The first-order valence-electron chi connectivity index (χ1n) is 9.58. The molecular formula is C21H26BrN3O5. The molecule has 0 unspecified atom stereocenters. The number of ether oxygens (including phenoxy) is 2. The number of nitrogens with one attached hydrogen (secondary N) is 2. The summed E-state index contributed by atoms with van der Waals surface area (Å²) in [7, 11) is 0. The number of aromatic nitrogens is 1. The van der Waals surface area contributed by atoms with Gasteiger partial charge in [-0.3, -0.25) is 19.8 Å². The second-order valence-electron chi connectivity index (χ2n) is 6.63. The van der Waals surface area contributed by atoms with Crippen LogP contribution in [0, 0.1) is 5.92 Å². The van der Waals surface area contributed by atoms with Crippen LogP contribution in [0.25, 0.3) is 0 Å². The molecule has 1 aromatic heterocycles. The van der Waals surface area contributed by atoms with Crippen molar-refractivity contribution in [1.82, 2.24) is 15.8 Å². The van der Waals surface area contributed by atoms with Crippen LogP contribution >= 0.6 is 15.9 Å². The predicted octanol–water partition coefficient (Wildman–Crippen LogP) is 2.71. The Morgan fingerprint density at radius 3 is 2.60 bits per heavy atom. The minimum absolute atomic E-state index is 0.0840. The van der Waals surface area contributed by atoms with Crippen LogP contribution in [0.3, 0.4) is 0 Å². The molecule has 3 N–H and O–H groups in total. The van der Waals surface area contributed by atoms with Gasteiger partial charge in [-0.05, 0) is 55.7 Å². The lowest BCUT2D eigenvalue weighted by molar-refractivity contribution is -0.134. The van der Waals surface area contributed by atoms with Gasteiger partial charge in [0.25, 0.3) is 5.91 Å². The molecule has 0 saturated heterocycles. The number of hydrogen-bond donors (Lipinski definition) is 3. The normalized spacial score (nSPS) is 12.8. The van der Waals surface area contributed by atoms with E-state index in [1.807, 2.05) is 13.0 Å². The Hall–Kier alpha value is -2.33. The van der Waals surface area contributed by atoms with Gasteiger partial charge in [0, 0.05) is 35.0 Å². The first kappa shape index (κ1) is 23.9. The van der Waals surface area contributed by atoms with Gasteiger partial charge in [-0.1, -0.05) is 22.0 Å². The van der Waals surface area contributed by atoms with E-state index in [2.05, 4.69) is 26.2 Å². The van der Waals surface area contributed by atoms with Crippen molar-refractivity contribution in [2.45, 2.75) is 25.8 Å². The molecule has 0 fully saturated rings.